The van der Waals surface area contributed by atoms with E-state index in [9.17, 15) is 0 Å². The number of aryl methyl sites for hydroxylation is 2. The molecule has 0 atom stereocenters. The lowest BCUT2D eigenvalue weighted by atomic mass is 10.1. The highest BCUT2D eigenvalue weighted by Crippen LogP contribution is 2.11. The highest BCUT2D eigenvalue weighted by atomic mass is 15.1. The van der Waals surface area contributed by atoms with Gasteiger partial charge in [0.2, 0.25) is 0 Å². The van der Waals surface area contributed by atoms with E-state index in [-0.39, 0.29) is 0 Å². The Morgan fingerprint density at radius 3 is 1.81 bits per heavy atom. The monoisotopic (exact) mass is 219 g/mol. The number of rotatable bonds is 6. The molecule has 0 bridgehead atoms. The lowest BCUT2D eigenvalue weighted by Gasteiger charge is -2.21. The molecular formula is C15H25N. The maximum Gasteiger partial charge on any atom is 0.0233 e. The third kappa shape index (κ3) is 4.36. The predicted molar refractivity (Wildman–Crippen MR) is 71.8 cm³/mol. The SMILES string of the molecule is CCCN(CCC)Cc1cc(C)cc(C)c1. The molecule has 0 saturated carbocycles. The van der Waals surface area contributed by atoms with E-state index >= 15 is 0 Å². The van der Waals surface area contributed by atoms with Gasteiger partial charge in [-0.25, -0.2) is 0 Å². The fraction of sp³-hybridized carbons (Fsp3) is 0.600. The van der Waals surface area contributed by atoms with Gasteiger partial charge < -0.3 is 0 Å². The molecule has 0 unspecified atom stereocenters. The van der Waals surface area contributed by atoms with Gasteiger partial charge in [-0.2, -0.15) is 0 Å². The van der Waals surface area contributed by atoms with Crippen molar-refractivity contribution in [3.05, 3.63) is 34.9 Å². The largest absolute Gasteiger partial charge is 0.299 e. The Balaban J connectivity index is 2.68. The molecule has 0 radical (unpaired) electrons. The van der Waals surface area contributed by atoms with Gasteiger partial charge in [0.15, 0.2) is 0 Å². The van der Waals surface area contributed by atoms with E-state index in [0.717, 1.165) is 6.54 Å². The van der Waals surface area contributed by atoms with Gasteiger partial charge >= 0.3 is 0 Å². The lowest BCUT2D eigenvalue weighted by molar-refractivity contribution is 0.266. The average molecular weight is 219 g/mol. The van der Waals surface area contributed by atoms with E-state index in [1.807, 2.05) is 0 Å². The summed E-state index contributed by atoms with van der Waals surface area (Å²) in [5.74, 6) is 0. The molecule has 0 N–H and O–H groups in total. The Bertz CT molecular complexity index is 291. The Labute approximate surface area is 100 Å². The van der Waals surface area contributed by atoms with Crippen molar-refractivity contribution in [2.24, 2.45) is 0 Å². The molecule has 0 fully saturated rings. The van der Waals surface area contributed by atoms with Crippen LogP contribution in [0.2, 0.25) is 0 Å². The van der Waals surface area contributed by atoms with Crippen LogP contribution in [-0.2, 0) is 6.54 Å². The first kappa shape index (κ1) is 13.2. The second kappa shape index (κ2) is 6.70. The van der Waals surface area contributed by atoms with Crippen molar-refractivity contribution >= 4 is 0 Å². The van der Waals surface area contributed by atoms with E-state index in [2.05, 4.69) is 50.8 Å². The predicted octanol–water partition coefficient (Wildman–Crippen LogP) is 3.93. The van der Waals surface area contributed by atoms with Gasteiger partial charge in [-0.1, -0.05) is 43.2 Å². The quantitative estimate of drug-likeness (QED) is 0.701. The second-order valence-corrected chi connectivity index (χ2v) is 4.77. The highest BCUT2D eigenvalue weighted by Gasteiger charge is 2.04. The molecule has 0 aliphatic heterocycles. The van der Waals surface area contributed by atoms with Crippen molar-refractivity contribution in [1.82, 2.24) is 4.90 Å². The standard InChI is InChI=1S/C15H25N/c1-5-7-16(8-6-2)12-15-10-13(3)9-14(4)11-15/h9-11H,5-8,12H2,1-4H3. The van der Waals surface area contributed by atoms with Crippen molar-refractivity contribution < 1.29 is 0 Å². The fourth-order valence-corrected chi connectivity index (χ4v) is 2.32. The summed E-state index contributed by atoms with van der Waals surface area (Å²) in [5, 5.41) is 0. The molecule has 0 amide bonds. The van der Waals surface area contributed by atoms with Gasteiger partial charge in [-0.05, 0) is 45.3 Å². The van der Waals surface area contributed by atoms with E-state index in [1.165, 1.54) is 42.6 Å². The molecule has 0 aliphatic carbocycles. The van der Waals surface area contributed by atoms with Crippen molar-refractivity contribution in [3.8, 4) is 0 Å². The fourth-order valence-electron chi connectivity index (χ4n) is 2.32. The number of hydrogen-bond acceptors (Lipinski definition) is 1. The van der Waals surface area contributed by atoms with Crippen LogP contribution in [0.4, 0.5) is 0 Å². The summed E-state index contributed by atoms with van der Waals surface area (Å²) in [4.78, 5) is 2.55. The van der Waals surface area contributed by atoms with Gasteiger partial charge in [0, 0.05) is 6.54 Å². The smallest absolute Gasteiger partial charge is 0.0233 e. The van der Waals surface area contributed by atoms with E-state index in [4.69, 9.17) is 0 Å². The first-order valence-corrected chi connectivity index (χ1v) is 6.45. The maximum absolute atomic E-state index is 2.55. The van der Waals surface area contributed by atoms with E-state index in [0.29, 0.717) is 0 Å². The molecule has 1 aromatic carbocycles. The van der Waals surface area contributed by atoms with Gasteiger partial charge in [0.1, 0.15) is 0 Å². The lowest BCUT2D eigenvalue weighted by Crippen LogP contribution is -2.24. The van der Waals surface area contributed by atoms with Gasteiger partial charge in [0.05, 0.1) is 0 Å². The molecule has 1 heteroatoms. The van der Waals surface area contributed by atoms with Crippen LogP contribution in [0.15, 0.2) is 18.2 Å². The summed E-state index contributed by atoms with van der Waals surface area (Å²) >= 11 is 0. The summed E-state index contributed by atoms with van der Waals surface area (Å²) in [6.07, 6.45) is 2.48. The van der Waals surface area contributed by atoms with Crippen LogP contribution in [0.3, 0.4) is 0 Å². The van der Waals surface area contributed by atoms with Crippen molar-refractivity contribution in [1.29, 1.82) is 0 Å². The van der Waals surface area contributed by atoms with Crippen LogP contribution < -0.4 is 0 Å². The van der Waals surface area contributed by atoms with Crippen LogP contribution in [0.1, 0.15) is 43.4 Å². The number of benzene rings is 1. The van der Waals surface area contributed by atoms with Gasteiger partial charge in [-0.3, -0.25) is 4.90 Å². The third-order valence-corrected chi connectivity index (χ3v) is 2.77. The summed E-state index contributed by atoms with van der Waals surface area (Å²) in [7, 11) is 0. The van der Waals surface area contributed by atoms with Crippen molar-refractivity contribution in [3.63, 3.8) is 0 Å². The molecule has 1 nitrogen and oxygen atoms in total. The minimum Gasteiger partial charge on any atom is -0.299 e. The topological polar surface area (TPSA) is 3.24 Å². The minimum atomic E-state index is 1.10. The normalized spacial score (nSPS) is 11.1. The molecule has 16 heavy (non-hydrogen) atoms. The first-order chi connectivity index (χ1) is 7.65. The Hall–Kier alpha value is -0.820. The van der Waals surface area contributed by atoms with Crippen LogP contribution in [0.25, 0.3) is 0 Å². The van der Waals surface area contributed by atoms with E-state index in [1.54, 1.807) is 0 Å². The van der Waals surface area contributed by atoms with E-state index < -0.39 is 0 Å². The molecule has 0 saturated heterocycles. The molecule has 0 aliphatic rings. The number of nitrogens with zero attached hydrogens (tertiary/aromatic N) is 1. The van der Waals surface area contributed by atoms with Gasteiger partial charge in [-0.15, -0.1) is 0 Å². The molecule has 0 heterocycles. The minimum absolute atomic E-state index is 1.10. The number of hydrogen-bond donors (Lipinski definition) is 0. The van der Waals surface area contributed by atoms with Gasteiger partial charge in [0.25, 0.3) is 0 Å². The summed E-state index contributed by atoms with van der Waals surface area (Å²) in [6.45, 7) is 12.4. The third-order valence-electron chi connectivity index (χ3n) is 2.77. The van der Waals surface area contributed by atoms with Crippen LogP contribution >= 0.6 is 0 Å². The van der Waals surface area contributed by atoms with Crippen LogP contribution in [0, 0.1) is 13.8 Å². The molecule has 0 spiro atoms. The average Bonchev–Trinajstić information content (AvgIpc) is 2.16. The first-order valence-electron chi connectivity index (χ1n) is 6.45. The van der Waals surface area contributed by atoms with Crippen molar-refractivity contribution in [2.75, 3.05) is 13.1 Å². The molecular weight excluding hydrogens is 194 g/mol. The zero-order valence-corrected chi connectivity index (χ0v) is 11.2. The Morgan fingerprint density at radius 1 is 0.875 bits per heavy atom. The zero-order chi connectivity index (χ0) is 12.0. The second-order valence-electron chi connectivity index (χ2n) is 4.77. The molecule has 1 aromatic rings. The molecule has 0 aromatic heterocycles. The van der Waals surface area contributed by atoms with Crippen LogP contribution in [-0.4, -0.2) is 18.0 Å². The Morgan fingerprint density at radius 2 is 1.38 bits per heavy atom. The molecule has 1 rings (SSSR count). The summed E-state index contributed by atoms with van der Waals surface area (Å²) in [5.41, 5.74) is 4.21. The maximum atomic E-state index is 2.55. The summed E-state index contributed by atoms with van der Waals surface area (Å²) < 4.78 is 0. The zero-order valence-electron chi connectivity index (χ0n) is 11.2. The highest BCUT2D eigenvalue weighted by molar-refractivity contribution is 5.28. The van der Waals surface area contributed by atoms with Crippen LogP contribution in [0.5, 0.6) is 0 Å². The molecule has 90 valence electrons. The summed E-state index contributed by atoms with van der Waals surface area (Å²) in [6, 6.07) is 6.87. The Kier molecular flexibility index (Phi) is 5.54. The van der Waals surface area contributed by atoms with Crippen molar-refractivity contribution in [2.45, 2.75) is 47.1 Å².